The molecule has 136 valence electrons. The van der Waals surface area contributed by atoms with Gasteiger partial charge in [-0.05, 0) is 48.7 Å². The highest BCUT2D eigenvalue weighted by Gasteiger charge is 2.28. The van der Waals surface area contributed by atoms with Crippen molar-refractivity contribution in [3.05, 3.63) is 83.4 Å². The summed E-state index contributed by atoms with van der Waals surface area (Å²) >= 11 is 0. The standard InChI is InChI=1S/C24H23NO2/c1-24(2)15-17-11-12-18(27-3)13-21(17)22(25-24)14-23(26)20-10-6-8-16-7-4-5-9-19(16)20/h4-14,25H,15H2,1-3H3. The van der Waals surface area contributed by atoms with Crippen molar-refractivity contribution < 1.29 is 9.53 Å². The monoisotopic (exact) mass is 357 g/mol. The Kier molecular flexibility index (Phi) is 4.23. The van der Waals surface area contributed by atoms with Gasteiger partial charge in [0.05, 0.1) is 7.11 Å². The number of carbonyl (C=O) groups is 1. The van der Waals surface area contributed by atoms with Crippen LogP contribution in [-0.2, 0) is 6.42 Å². The Labute approximate surface area is 159 Å². The predicted molar refractivity (Wildman–Crippen MR) is 110 cm³/mol. The van der Waals surface area contributed by atoms with Crippen molar-refractivity contribution in [2.75, 3.05) is 7.11 Å². The molecule has 0 radical (unpaired) electrons. The second-order valence-electron chi connectivity index (χ2n) is 7.66. The third-order valence-electron chi connectivity index (χ3n) is 5.04. The van der Waals surface area contributed by atoms with E-state index in [4.69, 9.17) is 4.74 Å². The Balaban J connectivity index is 1.82. The van der Waals surface area contributed by atoms with Crippen LogP contribution in [0, 0.1) is 0 Å². The molecule has 0 saturated carbocycles. The second-order valence-corrected chi connectivity index (χ2v) is 7.66. The Hall–Kier alpha value is -3.07. The average molecular weight is 357 g/mol. The van der Waals surface area contributed by atoms with Crippen LogP contribution in [-0.4, -0.2) is 18.4 Å². The molecular weight excluding hydrogens is 334 g/mol. The number of nitrogens with one attached hydrogen (secondary N) is 1. The second kappa shape index (κ2) is 6.58. The molecule has 1 aliphatic rings. The van der Waals surface area contributed by atoms with Gasteiger partial charge in [0.15, 0.2) is 5.78 Å². The summed E-state index contributed by atoms with van der Waals surface area (Å²) in [6.45, 7) is 4.30. The van der Waals surface area contributed by atoms with Crippen molar-refractivity contribution in [2.24, 2.45) is 0 Å². The van der Waals surface area contributed by atoms with Crippen LogP contribution in [0.25, 0.3) is 16.5 Å². The molecule has 27 heavy (non-hydrogen) atoms. The maximum atomic E-state index is 13.2. The number of hydrogen-bond acceptors (Lipinski definition) is 3. The lowest BCUT2D eigenvalue weighted by Gasteiger charge is -2.35. The molecule has 0 amide bonds. The van der Waals surface area contributed by atoms with E-state index in [1.54, 1.807) is 13.2 Å². The predicted octanol–water partition coefficient (Wildman–Crippen LogP) is 5.00. The van der Waals surface area contributed by atoms with E-state index >= 15 is 0 Å². The van der Waals surface area contributed by atoms with Gasteiger partial charge in [0.2, 0.25) is 0 Å². The first-order chi connectivity index (χ1) is 13.0. The quantitative estimate of drug-likeness (QED) is 0.530. The Morgan fingerprint density at radius 2 is 1.85 bits per heavy atom. The van der Waals surface area contributed by atoms with Crippen LogP contribution in [0.1, 0.15) is 35.3 Å². The number of hydrogen-bond donors (Lipinski definition) is 1. The van der Waals surface area contributed by atoms with Gasteiger partial charge in [0.25, 0.3) is 0 Å². The summed E-state index contributed by atoms with van der Waals surface area (Å²) < 4.78 is 5.39. The molecule has 0 spiro atoms. The highest BCUT2D eigenvalue weighted by atomic mass is 16.5. The molecule has 3 aromatic carbocycles. The first kappa shape index (κ1) is 17.3. The van der Waals surface area contributed by atoms with Crippen LogP contribution in [0.5, 0.6) is 5.75 Å². The number of carbonyl (C=O) groups excluding carboxylic acids is 1. The zero-order valence-electron chi connectivity index (χ0n) is 15.9. The molecule has 3 heteroatoms. The number of fused-ring (bicyclic) bond motifs is 2. The normalized spacial score (nSPS) is 16.6. The van der Waals surface area contributed by atoms with Crippen molar-refractivity contribution in [3.63, 3.8) is 0 Å². The molecule has 3 aromatic rings. The fourth-order valence-electron chi connectivity index (χ4n) is 3.80. The number of allylic oxidation sites excluding steroid dienone is 1. The minimum atomic E-state index is -0.119. The summed E-state index contributed by atoms with van der Waals surface area (Å²) in [4.78, 5) is 13.2. The van der Waals surface area contributed by atoms with Gasteiger partial charge in [-0.25, -0.2) is 0 Å². The third-order valence-corrected chi connectivity index (χ3v) is 5.04. The van der Waals surface area contributed by atoms with E-state index in [2.05, 4.69) is 25.2 Å². The minimum Gasteiger partial charge on any atom is -0.497 e. The van der Waals surface area contributed by atoms with Crippen molar-refractivity contribution >= 4 is 22.3 Å². The van der Waals surface area contributed by atoms with E-state index in [9.17, 15) is 4.79 Å². The maximum Gasteiger partial charge on any atom is 0.188 e. The summed E-state index contributed by atoms with van der Waals surface area (Å²) in [5.74, 6) is 0.791. The van der Waals surface area contributed by atoms with E-state index in [1.165, 1.54) is 5.56 Å². The van der Waals surface area contributed by atoms with E-state index in [1.807, 2.05) is 54.6 Å². The van der Waals surface area contributed by atoms with Crippen LogP contribution in [0.3, 0.4) is 0 Å². The topological polar surface area (TPSA) is 38.3 Å². The van der Waals surface area contributed by atoms with Gasteiger partial charge in [-0.1, -0.05) is 48.5 Å². The molecule has 0 bridgehead atoms. The summed E-state index contributed by atoms with van der Waals surface area (Å²) in [6, 6.07) is 19.9. The molecule has 0 fully saturated rings. The lowest BCUT2D eigenvalue weighted by atomic mass is 9.85. The highest BCUT2D eigenvalue weighted by Crippen LogP contribution is 2.32. The zero-order valence-corrected chi connectivity index (χ0v) is 15.9. The number of ketones is 1. The maximum absolute atomic E-state index is 13.2. The van der Waals surface area contributed by atoms with E-state index in [0.29, 0.717) is 0 Å². The smallest absolute Gasteiger partial charge is 0.188 e. The van der Waals surface area contributed by atoms with Gasteiger partial charge in [0, 0.05) is 28.4 Å². The van der Waals surface area contributed by atoms with Gasteiger partial charge < -0.3 is 10.1 Å². The number of ether oxygens (including phenoxy) is 1. The molecule has 0 aliphatic carbocycles. The summed E-state index contributed by atoms with van der Waals surface area (Å²) in [5.41, 5.74) is 3.69. The Bertz CT molecular complexity index is 1060. The molecule has 1 aliphatic heterocycles. The van der Waals surface area contributed by atoms with Crippen LogP contribution in [0.2, 0.25) is 0 Å². The van der Waals surface area contributed by atoms with Crippen molar-refractivity contribution in [3.8, 4) is 5.75 Å². The van der Waals surface area contributed by atoms with E-state index in [-0.39, 0.29) is 11.3 Å². The molecule has 1 heterocycles. The lowest BCUT2D eigenvalue weighted by Crippen LogP contribution is -2.43. The van der Waals surface area contributed by atoms with Crippen LogP contribution < -0.4 is 10.1 Å². The Morgan fingerprint density at radius 1 is 1.07 bits per heavy atom. The van der Waals surface area contributed by atoms with Gasteiger partial charge in [-0.3, -0.25) is 4.79 Å². The lowest BCUT2D eigenvalue weighted by molar-refractivity contribution is 0.104. The molecule has 1 N–H and O–H groups in total. The SMILES string of the molecule is COc1ccc2c(c1)C(=CC(=O)c1cccc3ccccc13)NC(C)(C)C2. The fourth-order valence-corrected chi connectivity index (χ4v) is 3.80. The molecule has 0 unspecified atom stereocenters. The number of methoxy groups -OCH3 is 1. The number of rotatable bonds is 3. The molecule has 4 rings (SSSR count). The molecular formula is C24H23NO2. The minimum absolute atomic E-state index is 0.000713. The van der Waals surface area contributed by atoms with Gasteiger partial charge in [0.1, 0.15) is 5.75 Å². The van der Waals surface area contributed by atoms with Gasteiger partial charge in [-0.15, -0.1) is 0 Å². The Morgan fingerprint density at radius 3 is 2.67 bits per heavy atom. The summed E-state index contributed by atoms with van der Waals surface area (Å²) in [6.07, 6.45) is 2.62. The van der Waals surface area contributed by atoms with Crippen LogP contribution in [0.15, 0.2) is 66.7 Å². The van der Waals surface area contributed by atoms with Crippen molar-refractivity contribution in [1.82, 2.24) is 5.32 Å². The number of benzene rings is 3. The van der Waals surface area contributed by atoms with Gasteiger partial charge >= 0.3 is 0 Å². The first-order valence-corrected chi connectivity index (χ1v) is 9.16. The molecule has 0 atom stereocenters. The third kappa shape index (κ3) is 3.33. The average Bonchev–Trinajstić information content (AvgIpc) is 2.66. The fraction of sp³-hybridized carbons (Fsp3) is 0.208. The molecule has 0 aromatic heterocycles. The van der Waals surface area contributed by atoms with Crippen LogP contribution >= 0.6 is 0 Å². The van der Waals surface area contributed by atoms with Crippen molar-refractivity contribution in [2.45, 2.75) is 25.8 Å². The van der Waals surface area contributed by atoms with Crippen LogP contribution in [0.4, 0.5) is 0 Å². The zero-order chi connectivity index (χ0) is 19.0. The van der Waals surface area contributed by atoms with Gasteiger partial charge in [-0.2, -0.15) is 0 Å². The summed E-state index contributed by atoms with van der Waals surface area (Å²) in [5, 5.41) is 5.58. The summed E-state index contributed by atoms with van der Waals surface area (Å²) in [7, 11) is 1.66. The first-order valence-electron chi connectivity index (χ1n) is 9.16. The van der Waals surface area contributed by atoms with Crippen molar-refractivity contribution in [1.29, 1.82) is 0 Å². The molecule has 0 saturated heterocycles. The van der Waals surface area contributed by atoms with E-state index < -0.39 is 0 Å². The molecule has 3 nitrogen and oxygen atoms in total. The largest absolute Gasteiger partial charge is 0.497 e. The van der Waals surface area contributed by atoms with E-state index in [0.717, 1.165) is 39.8 Å². The highest BCUT2D eigenvalue weighted by molar-refractivity contribution is 6.15.